The first-order valence-electron chi connectivity index (χ1n) is 11.0. The number of rotatable bonds is 6. The van der Waals surface area contributed by atoms with Gasteiger partial charge in [-0.2, -0.15) is 10.1 Å². The molecule has 1 saturated carbocycles. The zero-order valence-corrected chi connectivity index (χ0v) is 18.0. The molecule has 0 radical (unpaired) electrons. The highest BCUT2D eigenvalue weighted by molar-refractivity contribution is 6.00. The average molecular weight is 425 g/mol. The van der Waals surface area contributed by atoms with E-state index < -0.39 is 5.91 Å². The second-order valence-electron chi connectivity index (χ2n) is 9.77. The number of nitrogens with zero attached hydrogens (tertiary/aromatic N) is 4. The van der Waals surface area contributed by atoms with Crippen LogP contribution in [0.3, 0.4) is 0 Å². The number of anilines is 1. The lowest BCUT2D eigenvalue weighted by atomic mass is 9.75. The van der Waals surface area contributed by atoms with Crippen molar-refractivity contribution in [1.82, 2.24) is 19.7 Å². The fourth-order valence-electron chi connectivity index (χ4n) is 4.54. The summed E-state index contributed by atoms with van der Waals surface area (Å²) in [7, 11) is 0. The fraction of sp³-hybridized carbons (Fsp3) is 0.591. The molecule has 1 saturated heterocycles. The van der Waals surface area contributed by atoms with Crippen molar-refractivity contribution in [2.24, 2.45) is 17.1 Å². The van der Waals surface area contributed by atoms with Gasteiger partial charge >= 0.3 is 0 Å². The van der Waals surface area contributed by atoms with Gasteiger partial charge in [-0.1, -0.05) is 13.8 Å². The minimum Gasteiger partial charge on any atom is -0.379 e. The molecule has 164 valence electrons. The molecule has 2 fully saturated rings. The Labute approximate surface area is 180 Å². The van der Waals surface area contributed by atoms with Gasteiger partial charge in [0.15, 0.2) is 5.78 Å². The third-order valence-corrected chi connectivity index (χ3v) is 6.30. The van der Waals surface area contributed by atoms with Crippen LogP contribution in [0.4, 0.5) is 5.82 Å². The average Bonchev–Trinajstić information content (AvgIpc) is 3.22. The Morgan fingerprint density at radius 1 is 1.32 bits per heavy atom. The summed E-state index contributed by atoms with van der Waals surface area (Å²) < 4.78 is 7.12. The number of hydrogen-bond acceptors (Lipinski definition) is 7. The molecular formula is C22H28N6O3. The second kappa shape index (κ2) is 7.40. The standard InChI is InChI=1S/C22H28N6O3/c1-22(2)8-16-18(17(29)9-22)15(7-12-3-4-12)27-28(16)21-24-10-14(19(23)30)20(26-21)25-13-5-6-31-11-13/h10,12-13H,3-9,11H2,1-2H3,(H2,23,30)(H,24,25,26). The van der Waals surface area contributed by atoms with E-state index in [1.807, 2.05) is 0 Å². The lowest BCUT2D eigenvalue weighted by molar-refractivity contribution is 0.0909. The first-order valence-corrected chi connectivity index (χ1v) is 11.0. The SMILES string of the molecule is CC1(C)CC(=O)c2c(CC3CC3)nn(-c3ncc(C(N)=O)c(NC4CCOC4)n3)c2C1. The molecule has 3 aliphatic rings. The molecule has 3 N–H and O–H groups in total. The molecule has 2 aliphatic carbocycles. The van der Waals surface area contributed by atoms with Crippen LogP contribution in [0.2, 0.25) is 0 Å². The smallest absolute Gasteiger partial charge is 0.254 e. The van der Waals surface area contributed by atoms with Crippen molar-refractivity contribution < 1.29 is 14.3 Å². The van der Waals surface area contributed by atoms with Gasteiger partial charge in [-0.25, -0.2) is 9.67 Å². The zero-order valence-electron chi connectivity index (χ0n) is 18.0. The summed E-state index contributed by atoms with van der Waals surface area (Å²) in [6.45, 7) is 5.39. The highest BCUT2D eigenvalue weighted by Gasteiger charge is 2.38. The van der Waals surface area contributed by atoms with Gasteiger partial charge in [-0.15, -0.1) is 0 Å². The Kier molecular flexibility index (Phi) is 4.80. The van der Waals surface area contributed by atoms with Crippen LogP contribution in [0.1, 0.15) is 71.6 Å². The number of fused-ring (bicyclic) bond motifs is 1. The van der Waals surface area contributed by atoms with E-state index in [0.717, 1.165) is 29.8 Å². The number of ketones is 1. The van der Waals surface area contributed by atoms with Crippen molar-refractivity contribution in [3.8, 4) is 5.95 Å². The Bertz CT molecular complexity index is 1050. The van der Waals surface area contributed by atoms with Gasteiger partial charge in [0.25, 0.3) is 11.9 Å². The molecule has 1 atom stereocenters. The number of Topliss-reactive ketones (excluding diaryl/α,β-unsaturated/α-hetero) is 1. The molecule has 2 aromatic heterocycles. The Morgan fingerprint density at radius 3 is 2.81 bits per heavy atom. The first-order chi connectivity index (χ1) is 14.8. The van der Waals surface area contributed by atoms with Crippen LogP contribution < -0.4 is 11.1 Å². The highest BCUT2D eigenvalue weighted by atomic mass is 16.5. The van der Waals surface area contributed by atoms with Crippen molar-refractivity contribution in [3.05, 3.63) is 28.7 Å². The van der Waals surface area contributed by atoms with Crippen LogP contribution in [0.5, 0.6) is 0 Å². The largest absolute Gasteiger partial charge is 0.379 e. The van der Waals surface area contributed by atoms with E-state index >= 15 is 0 Å². The number of nitrogens with one attached hydrogen (secondary N) is 1. The molecule has 9 heteroatoms. The molecule has 0 spiro atoms. The number of hydrogen-bond donors (Lipinski definition) is 2. The van der Waals surface area contributed by atoms with Gasteiger partial charge in [0.2, 0.25) is 0 Å². The monoisotopic (exact) mass is 424 g/mol. The van der Waals surface area contributed by atoms with Crippen LogP contribution >= 0.6 is 0 Å². The van der Waals surface area contributed by atoms with Crippen molar-refractivity contribution >= 4 is 17.5 Å². The third-order valence-electron chi connectivity index (χ3n) is 6.30. The molecule has 9 nitrogen and oxygen atoms in total. The molecule has 1 aliphatic heterocycles. The van der Waals surface area contributed by atoms with E-state index in [-0.39, 0.29) is 22.8 Å². The van der Waals surface area contributed by atoms with Gasteiger partial charge in [0.1, 0.15) is 5.82 Å². The van der Waals surface area contributed by atoms with E-state index in [1.54, 1.807) is 4.68 Å². The lowest BCUT2D eigenvalue weighted by Crippen LogP contribution is -2.29. The van der Waals surface area contributed by atoms with Crippen molar-refractivity contribution in [2.45, 2.75) is 58.4 Å². The van der Waals surface area contributed by atoms with Gasteiger partial charge < -0.3 is 15.8 Å². The van der Waals surface area contributed by atoms with Crippen molar-refractivity contribution in [2.75, 3.05) is 18.5 Å². The van der Waals surface area contributed by atoms with Crippen LogP contribution in [-0.2, 0) is 17.6 Å². The second-order valence-corrected chi connectivity index (χ2v) is 9.77. The Morgan fingerprint density at radius 2 is 2.13 bits per heavy atom. The van der Waals surface area contributed by atoms with Gasteiger partial charge in [0, 0.05) is 19.2 Å². The van der Waals surface area contributed by atoms with Gasteiger partial charge in [-0.3, -0.25) is 9.59 Å². The lowest BCUT2D eigenvalue weighted by Gasteiger charge is -2.29. The van der Waals surface area contributed by atoms with Crippen LogP contribution in [0.15, 0.2) is 6.20 Å². The highest BCUT2D eigenvalue weighted by Crippen LogP contribution is 2.40. The van der Waals surface area contributed by atoms with Crippen LogP contribution in [0, 0.1) is 11.3 Å². The molecular weight excluding hydrogens is 396 g/mol. The van der Waals surface area contributed by atoms with Gasteiger partial charge in [-0.05, 0) is 43.4 Å². The molecule has 0 aromatic carbocycles. The third kappa shape index (κ3) is 3.94. The maximum absolute atomic E-state index is 13.0. The van der Waals surface area contributed by atoms with Crippen LogP contribution in [0.25, 0.3) is 5.95 Å². The summed E-state index contributed by atoms with van der Waals surface area (Å²) in [5.41, 5.74) is 8.07. The number of ether oxygens (including phenoxy) is 1. The minimum absolute atomic E-state index is 0.0540. The van der Waals surface area contributed by atoms with E-state index in [9.17, 15) is 9.59 Å². The summed E-state index contributed by atoms with van der Waals surface area (Å²) in [6.07, 6.45) is 6.66. The number of primary amides is 1. The maximum atomic E-state index is 13.0. The quantitative estimate of drug-likeness (QED) is 0.727. The molecule has 2 aromatic rings. The molecule has 3 heterocycles. The number of amides is 1. The summed E-state index contributed by atoms with van der Waals surface area (Å²) in [5.74, 6) is 0.870. The molecule has 1 unspecified atom stereocenters. The fourth-order valence-corrected chi connectivity index (χ4v) is 4.54. The van der Waals surface area contributed by atoms with Crippen molar-refractivity contribution in [1.29, 1.82) is 0 Å². The number of aromatic nitrogens is 4. The van der Waals surface area contributed by atoms with Gasteiger partial charge in [0.05, 0.1) is 35.2 Å². The summed E-state index contributed by atoms with van der Waals surface area (Å²) in [6, 6.07) is 0.0540. The zero-order chi connectivity index (χ0) is 21.8. The predicted octanol–water partition coefficient (Wildman–Crippen LogP) is 2.07. The molecule has 5 rings (SSSR count). The predicted molar refractivity (Wildman–Crippen MR) is 113 cm³/mol. The number of nitrogens with two attached hydrogens (primary N) is 1. The van der Waals surface area contributed by atoms with E-state index in [1.165, 1.54) is 19.0 Å². The summed E-state index contributed by atoms with van der Waals surface area (Å²) in [4.78, 5) is 34.0. The maximum Gasteiger partial charge on any atom is 0.254 e. The van der Waals surface area contributed by atoms with E-state index in [2.05, 4.69) is 29.1 Å². The van der Waals surface area contributed by atoms with Crippen molar-refractivity contribution in [3.63, 3.8) is 0 Å². The molecule has 31 heavy (non-hydrogen) atoms. The first kappa shape index (κ1) is 20.1. The molecule has 1 amide bonds. The van der Waals surface area contributed by atoms with E-state index in [4.69, 9.17) is 15.6 Å². The Balaban J connectivity index is 1.59. The summed E-state index contributed by atoms with van der Waals surface area (Å²) >= 11 is 0. The minimum atomic E-state index is -0.596. The molecule has 0 bridgehead atoms. The number of carbonyl (C=O) groups is 2. The summed E-state index contributed by atoms with van der Waals surface area (Å²) in [5, 5.41) is 8.08. The normalized spacial score (nSPS) is 22.4. The Hall–Kier alpha value is -2.81. The topological polar surface area (TPSA) is 125 Å². The van der Waals surface area contributed by atoms with E-state index in [0.29, 0.717) is 43.7 Å². The van der Waals surface area contributed by atoms with Crippen LogP contribution in [-0.4, -0.2) is 50.7 Å². The number of carbonyl (C=O) groups excluding carboxylic acids is 2.